The lowest BCUT2D eigenvalue weighted by Gasteiger charge is -2.30. The molecule has 0 aliphatic carbocycles. The number of aryl methyl sites for hydroxylation is 1. The van der Waals surface area contributed by atoms with Crippen molar-refractivity contribution in [1.82, 2.24) is 4.90 Å². The molecule has 2 aliphatic rings. The van der Waals surface area contributed by atoms with Gasteiger partial charge in [0.15, 0.2) is 17.3 Å². The Hall–Kier alpha value is -3.84. The summed E-state index contributed by atoms with van der Waals surface area (Å²) in [6.45, 7) is 3.41. The van der Waals surface area contributed by atoms with Crippen LogP contribution in [0.5, 0.6) is 23.0 Å². The number of hydrogen-bond acceptors (Lipinski definition) is 6. The topological polar surface area (TPSA) is 57.2 Å². The maximum absolute atomic E-state index is 13.3. The molecule has 3 aromatic rings. The molecule has 0 aromatic heterocycles. The molecule has 0 radical (unpaired) electrons. The van der Waals surface area contributed by atoms with Crippen LogP contribution in [-0.4, -0.2) is 31.6 Å². The van der Waals surface area contributed by atoms with Crippen LogP contribution >= 0.6 is 0 Å². The number of allylic oxidation sites excluding steroid dienone is 1. The van der Waals surface area contributed by atoms with Crippen LogP contribution in [0.25, 0.3) is 6.08 Å². The van der Waals surface area contributed by atoms with E-state index in [9.17, 15) is 9.18 Å². The van der Waals surface area contributed by atoms with Gasteiger partial charge < -0.3 is 18.9 Å². The van der Waals surface area contributed by atoms with E-state index in [1.54, 1.807) is 44.6 Å². The summed E-state index contributed by atoms with van der Waals surface area (Å²) in [4.78, 5) is 15.3. The number of hydrogen-bond donors (Lipinski definition) is 0. The van der Waals surface area contributed by atoms with E-state index in [2.05, 4.69) is 4.90 Å². The number of nitrogens with zero attached hydrogens (tertiary/aromatic N) is 1. The van der Waals surface area contributed by atoms with Crippen molar-refractivity contribution in [1.29, 1.82) is 0 Å². The first-order chi connectivity index (χ1) is 16.5. The van der Waals surface area contributed by atoms with Gasteiger partial charge in [0.05, 0.1) is 25.3 Å². The van der Waals surface area contributed by atoms with Gasteiger partial charge in [-0.3, -0.25) is 9.69 Å². The standard InChI is InChI=1S/C27H24FNO5/c1-16-10-22-20(14-29(15-33-22)13-17-4-7-19(28)8-5-17)27-25(16)26(30)24(34-27)12-18-6-9-21(31-2)23(11-18)32-3/h4-12H,13-15H2,1-3H3/b24-12-. The fraction of sp³-hybridized carbons (Fsp3) is 0.222. The summed E-state index contributed by atoms with van der Waals surface area (Å²) in [5.74, 6) is 2.24. The molecule has 0 N–H and O–H groups in total. The lowest BCUT2D eigenvalue weighted by molar-refractivity contribution is 0.0872. The molecular weight excluding hydrogens is 437 g/mol. The molecule has 6 nitrogen and oxygen atoms in total. The molecule has 0 amide bonds. The number of halogens is 1. The normalized spacial score (nSPS) is 16.0. The monoisotopic (exact) mass is 461 g/mol. The molecule has 5 rings (SSSR count). The van der Waals surface area contributed by atoms with Crippen LogP contribution < -0.4 is 18.9 Å². The number of benzene rings is 3. The van der Waals surface area contributed by atoms with Crippen molar-refractivity contribution in [2.45, 2.75) is 20.0 Å². The minimum Gasteiger partial charge on any atom is -0.493 e. The van der Waals surface area contributed by atoms with E-state index in [1.165, 1.54) is 12.1 Å². The molecule has 0 saturated carbocycles. The molecule has 34 heavy (non-hydrogen) atoms. The van der Waals surface area contributed by atoms with E-state index < -0.39 is 0 Å². The third-order valence-corrected chi connectivity index (χ3v) is 6.01. The smallest absolute Gasteiger partial charge is 0.232 e. The van der Waals surface area contributed by atoms with Crippen molar-refractivity contribution in [3.8, 4) is 23.0 Å². The molecule has 0 spiro atoms. The van der Waals surface area contributed by atoms with Crippen molar-refractivity contribution in [2.75, 3.05) is 21.0 Å². The van der Waals surface area contributed by atoms with Crippen molar-refractivity contribution >= 4 is 11.9 Å². The summed E-state index contributed by atoms with van der Waals surface area (Å²) in [5.41, 5.74) is 3.93. The SMILES string of the molecule is COc1ccc(/C=C2\Oc3c4c(cc(C)c3C2=O)OCN(Cc2ccc(F)cc2)C4)cc1OC. The molecule has 0 atom stereocenters. The predicted molar refractivity (Wildman–Crippen MR) is 125 cm³/mol. The van der Waals surface area contributed by atoms with E-state index in [0.717, 1.165) is 22.3 Å². The molecule has 0 fully saturated rings. The van der Waals surface area contributed by atoms with Crippen molar-refractivity contribution in [3.63, 3.8) is 0 Å². The Kier molecular flexibility index (Phi) is 5.71. The van der Waals surface area contributed by atoms with Gasteiger partial charge in [0.25, 0.3) is 0 Å². The lowest BCUT2D eigenvalue weighted by atomic mass is 9.98. The fourth-order valence-corrected chi connectivity index (χ4v) is 4.32. The second-order valence-electron chi connectivity index (χ2n) is 8.32. The summed E-state index contributed by atoms with van der Waals surface area (Å²) in [5, 5.41) is 0. The fourth-order valence-electron chi connectivity index (χ4n) is 4.32. The maximum Gasteiger partial charge on any atom is 0.232 e. The van der Waals surface area contributed by atoms with Crippen LogP contribution in [0.15, 0.2) is 54.3 Å². The Labute approximate surface area is 197 Å². The quantitative estimate of drug-likeness (QED) is 0.492. The summed E-state index contributed by atoms with van der Waals surface area (Å²) in [6.07, 6.45) is 1.70. The van der Waals surface area contributed by atoms with Crippen molar-refractivity contribution < 1.29 is 28.1 Å². The van der Waals surface area contributed by atoms with Crippen molar-refractivity contribution in [3.05, 3.63) is 87.9 Å². The Bertz CT molecular complexity index is 1300. The lowest BCUT2D eigenvalue weighted by Crippen LogP contribution is -2.31. The Morgan fingerprint density at radius 1 is 1.06 bits per heavy atom. The number of methoxy groups -OCH3 is 2. The third kappa shape index (κ3) is 3.99. The van der Waals surface area contributed by atoms with Crippen LogP contribution in [-0.2, 0) is 13.1 Å². The zero-order valence-corrected chi connectivity index (χ0v) is 19.2. The predicted octanol–water partition coefficient (Wildman–Crippen LogP) is 5.12. The van der Waals surface area contributed by atoms with E-state index in [0.29, 0.717) is 48.4 Å². The first-order valence-electron chi connectivity index (χ1n) is 10.9. The maximum atomic E-state index is 13.3. The van der Waals surface area contributed by atoms with Gasteiger partial charge in [-0.2, -0.15) is 0 Å². The average molecular weight is 461 g/mol. The number of Topliss-reactive ketones (excluding diaryl/α,β-unsaturated/α-hetero) is 1. The zero-order valence-electron chi connectivity index (χ0n) is 19.2. The van der Waals surface area contributed by atoms with Gasteiger partial charge in [-0.25, -0.2) is 4.39 Å². The van der Waals surface area contributed by atoms with Gasteiger partial charge in [-0.05, 0) is 60.0 Å². The van der Waals surface area contributed by atoms with Gasteiger partial charge >= 0.3 is 0 Å². The molecule has 0 unspecified atom stereocenters. The van der Waals surface area contributed by atoms with E-state index in [-0.39, 0.29) is 17.4 Å². The highest BCUT2D eigenvalue weighted by molar-refractivity contribution is 6.16. The second kappa shape index (κ2) is 8.83. The summed E-state index contributed by atoms with van der Waals surface area (Å²) < 4.78 is 36.0. The van der Waals surface area contributed by atoms with Crippen molar-refractivity contribution in [2.24, 2.45) is 0 Å². The Morgan fingerprint density at radius 2 is 1.82 bits per heavy atom. The van der Waals surface area contributed by atoms with E-state index in [4.69, 9.17) is 18.9 Å². The number of fused-ring (bicyclic) bond motifs is 3. The minimum absolute atomic E-state index is 0.166. The van der Waals surface area contributed by atoms with Crippen LogP contribution in [0.3, 0.4) is 0 Å². The van der Waals surface area contributed by atoms with E-state index in [1.807, 2.05) is 19.1 Å². The first-order valence-corrected chi connectivity index (χ1v) is 10.9. The number of rotatable bonds is 5. The third-order valence-electron chi connectivity index (χ3n) is 6.01. The minimum atomic E-state index is -0.266. The van der Waals surface area contributed by atoms with Crippen LogP contribution in [0.1, 0.15) is 32.6 Å². The molecule has 0 saturated heterocycles. The van der Waals surface area contributed by atoms with Gasteiger partial charge in [0.2, 0.25) is 5.78 Å². The first kappa shape index (κ1) is 22.0. The summed E-state index contributed by atoms with van der Waals surface area (Å²) in [7, 11) is 3.14. The highest BCUT2D eigenvalue weighted by Crippen LogP contribution is 2.44. The van der Waals surface area contributed by atoms with Crippen LogP contribution in [0, 0.1) is 12.7 Å². The van der Waals surface area contributed by atoms with Crippen LogP contribution in [0.4, 0.5) is 4.39 Å². The molecule has 7 heteroatoms. The highest BCUT2D eigenvalue weighted by atomic mass is 19.1. The number of carbonyl (C=O) groups excluding carboxylic acids is 1. The molecule has 2 aliphatic heterocycles. The van der Waals surface area contributed by atoms with Gasteiger partial charge in [-0.1, -0.05) is 18.2 Å². The largest absolute Gasteiger partial charge is 0.493 e. The molecular formula is C27H24FNO5. The van der Waals surface area contributed by atoms with Gasteiger partial charge in [-0.15, -0.1) is 0 Å². The summed E-state index contributed by atoms with van der Waals surface area (Å²) in [6, 6.07) is 13.7. The van der Waals surface area contributed by atoms with Gasteiger partial charge in [0, 0.05) is 13.1 Å². The highest BCUT2D eigenvalue weighted by Gasteiger charge is 2.35. The second-order valence-corrected chi connectivity index (χ2v) is 8.32. The molecule has 0 bridgehead atoms. The van der Waals surface area contributed by atoms with Crippen LogP contribution in [0.2, 0.25) is 0 Å². The Morgan fingerprint density at radius 3 is 2.56 bits per heavy atom. The van der Waals surface area contributed by atoms with Gasteiger partial charge in [0.1, 0.15) is 24.0 Å². The molecule has 2 heterocycles. The Balaban J connectivity index is 1.45. The molecule has 174 valence electrons. The van der Waals surface area contributed by atoms with E-state index >= 15 is 0 Å². The zero-order chi connectivity index (χ0) is 23.8. The summed E-state index contributed by atoms with van der Waals surface area (Å²) >= 11 is 0. The average Bonchev–Trinajstić information content (AvgIpc) is 3.17. The molecule has 3 aromatic carbocycles. The number of ketones is 1. The number of ether oxygens (including phenoxy) is 4. The number of carbonyl (C=O) groups is 1.